The zero-order valence-electron chi connectivity index (χ0n) is 11.4. The van der Waals surface area contributed by atoms with E-state index < -0.39 is 0 Å². The monoisotopic (exact) mass is 298 g/mol. The fourth-order valence-corrected chi connectivity index (χ4v) is 2.79. The Balaban J connectivity index is 1.66. The van der Waals surface area contributed by atoms with Gasteiger partial charge >= 0.3 is 5.00 Å². The molecule has 106 valence electrons. The van der Waals surface area contributed by atoms with Crippen molar-refractivity contribution in [1.29, 1.82) is 0 Å². The van der Waals surface area contributed by atoms with Gasteiger partial charge in [-0.15, -0.1) is 0 Å². The van der Waals surface area contributed by atoms with E-state index in [0.717, 1.165) is 23.4 Å². The van der Waals surface area contributed by atoms with Gasteiger partial charge in [-0.2, -0.15) is 0 Å². The Kier molecular flexibility index (Phi) is 4.00. The largest absolute Gasteiger partial charge is 0.325 e. The highest BCUT2D eigenvalue weighted by Crippen LogP contribution is 2.23. The quantitative estimate of drug-likeness (QED) is 0.496. The topological polar surface area (TPSA) is 46.4 Å². The molecular formula is C16H14N2O2S. The standard InChI is InChI=1S/C16H14N2O2S/c19-18(20)16-9-8-15(21-16)7-6-13-2-4-14(5-3-13)12-17-10-1-11-17/h2-5,8-9H,1,10-12H2. The molecule has 1 aliphatic heterocycles. The van der Waals surface area contributed by atoms with E-state index in [0.29, 0.717) is 4.88 Å². The molecule has 0 aliphatic carbocycles. The van der Waals surface area contributed by atoms with Crippen LogP contribution in [0.25, 0.3) is 0 Å². The lowest BCUT2D eigenvalue weighted by Gasteiger charge is -2.30. The minimum Gasteiger partial charge on any atom is -0.299 e. The maximum absolute atomic E-state index is 10.6. The molecular weight excluding hydrogens is 284 g/mol. The Labute approximate surface area is 127 Å². The van der Waals surface area contributed by atoms with Crippen molar-refractivity contribution in [2.24, 2.45) is 0 Å². The predicted octanol–water partition coefficient (Wildman–Crippen LogP) is 3.26. The first-order valence-corrected chi connectivity index (χ1v) is 7.60. The third kappa shape index (κ3) is 3.48. The van der Waals surface area contributed by atoms with Crippen molar-refractivity contribution in [2.75, 3.05) is 13.1 Å². The van der Waals surface area contributed by atoms with Crippen LogP contribution < -0.4 is 0 Å². The van der Waals surface area contributed by atoms with Crippen LogP contribution in [0.1, 0.15) is 22.4 Å². The smallest absolute Gasteiger partial charge is 0.299 e. The lowest BCUT2D eigenvalue weighted by Crippen LogP contribution is -2.36. The number of benzene rings is 1. The molecule has 4 nitrogen and oxygen atoms in total. The Hall–Kier alpha value is -2.16. The van der Waals surface area contributed by atoms with Gasteiger partial charge in [-0.3, -0.25) is 15.0 Å². The first-order chi connectivity index (χ1) is 10.2. The van der Waals surface area contributed by atoms with Crippen molar-refractivity contribution in [1.82, 2.24) is 4.90 Å². The fraction of sp³-hybridized carbons (Fsp3) is 0.250. The van der Waals surface area contributed by atoms with E-state index in [1.165, 1.54) is 31.1 Å². The maximum atomic E-state index is 10.6. The van der Waals surface area contributed by atoms with Crippen LogP contribution >= 0.6 is 11.3 Å². The highest BCUT2D eigenvalue weighted by Gasteiger charge is 2.13. The fourth-order valence-electron chi connectivity index (χ4n) is 2.12. The summed E-state index contributed by atoms with van der Waals surface area (Å²) in [7, 11) is 0. The molecule has 0 unspecified atom stereocenters. The molecule has 0 bridgehead atoms. The summed E-state index contributed by atoms with van der Waals surface area (Å²) in [5.41, 5.74) is 2.23. The van der Waals surface area contributed by atoms with Crippen LogP contribution in [0.15, 0.2) is 36.4 Å². The minimum absolute atomic E-state index is 0.129. The molecule has 5 heteroatoms. The second-order valence-electron chi connectivity index (χ2n) is 4.97. The number of rotatable bonds is 3. The summed E-state index contributed by atoms with van der Waals surface area (Å²) in [4.78, 5) is 13.3. The zero-order chi connectivity index (χ0) is 14.7. The minimum atomic E-state index is -0.388. The van der Waals surface area contributed by atoms with Gasteiger partial charge in [-0.1, -0.05) is 35.3 Å². The highest BCUT2D eigenvalue weighted by molar-refractivity contribution is 7.15. The lowest BCUT2D eigenvalue weighted by atomic mass is 10.1. The molecule has 0 amide bonds. The van der Waals surface area contributed by atoms with Gasteiger partial charge in [0.2, 0.25) is 0 Å². The van der Waals surface area contributed by atoms with E-state index >= 15 is 0 Å². The number of hydrogen-bond acceptors (Lipinski definition) is 4. The molecule has 1 aromatic carbocycles. The molecule has 21 heavy (non-hydrogen) atoms. The molecule has 0 N–H and O–H groups in total. The maximum Gasteiger partial charge on any atom is 0.325 e. The van der Waals surface area contributed by atoms with Crippen LogP contribution in [-0.2, 0) is 6.54 Å². The number of thiophene rings is 1. The first kappa shape index (κ1) is 13.8. The van der Waals surface area contributed by atoms with Gasteiger partial charge in [-0.25, -0.2) is 0 Å². The summed E-state index contributed by atoms with van der Waals surface area (Å²) < 4.78 is 0. The molecule has 0 atom stereocenters. The van der Waals surface area contributed by atoms with Crippen LogP contribution in [0.5, 0.6) is 0 Å². The average Bonchev–Trinajstić information content (AvgIpc) is 2.91. The molecule has 2 heterocycles. The van der Waals surface area contributed by atoms with E-state index in [9.17, 15) is 10.1 Å². The highest BCUT2D eigenvalue weighted by atomic mass is 32.1. The molecule has 0 saturated carbocycles. The van der Waals surface area contributed by atoms with Crippen molar-refractivity contribution in [3.05, 3.63) is 62.5 Å². The van der Waals surface area contributed by atoms with Gasteiger partial charge in [0.15, 0.2) is 0 Å². The summed E-state index contributed by atoms with van der Waals surface area (Å²) in [6.45, 7) is 3.39. The number of nitro groups is 1. The second-order valence-corrected chi connectivity index (χ2v) is 6.03. The Morgan fingerprint density at radius 3 is 2.48 bits per heavy atom. The second kappa shape index (κ2) is 6.08. The van der Waals surface area contributed by atoms with Crippen LogP contribution in [0.4, 0.5) is 5.00 Å². The van der Waals surface area contributed by atoms with Gasteiger partial charge in [-0.05, 0) is 43.3 Å². The Bertz CT molecular complexity index is 706. The molecule has 0 radical (unpaired) electrons. The molecule has 1 saturated heterocycles. The molecule has 2 aromatic rings. The summed E-state index contributed by atoms with van der Waals surface area (Å²) in [6.07, 6.45) is 1.30. The molecule has 1 aliphatic rings. The molecule has 1 aromatic heterocycles. The zero-order valence-corrected chi connectivity index (χ0v) is 12.2. The molecule has 0 spiro atoms. The third-order valence-electron chi connectivity index (χ3n) is 3.41. The van der Waals surface area contributed by atoms with Crippen molar-refractivity contribution < 1.29 is 4.92 Å². The van der Waals surface area contributed by atoms with Crippen molar-refractivity contribution in [3.63, 3.8) is 0 Å². The van der Waals surface area contributed by atoms with Crippen LogP contribution in [-0.4, -0.2) is 22.9 Å². The summed E-state index contributed by atoms with van der Waals surface area (Å²) in [6, 6.07) is 11.4. The van der Waals surface area contributed by atoms with Crippen LogP contribution in [0.2, 0.25) is 0 Å². The van der Waals surface area contributed by atoms with E-state index in [4.69, 9.17) is 0 Å². The molecule has 1 fully saturated rings. The number of hydrogen-bond donors (Lipinski definition) is 0. The van der Waals surface area contributed by atoms with E-state index in [1.807, 2.05) is 12.1 Å². The summed E-state index contributed by atoms with van der Waals surface area (Å²) in [5.74, 6) is 6.02. The van der Waals surface area contributed by atoms with Crippen LogP contribution in [0, 0.1) is 22.0 Å². The van der Waals surface area contributed by atoms with Gasteiger partial charge < -0.3 is 0 Å². The normalized spacial score (nSPS) is 14.1. The van der Waals surface area contributed by atoms with Gasteiger partial charge in [0.05, 0.1) is 9.80 Å². The molecule has 3 rings (SSSR count). The van der Waals surface area contributed by atoms with Gasteiger partial charge in [0, 0.05) is 18.2 Å². The number of nitrogens with zero attached hydrogens (tertiary/aromatic N) is 2. The SMILES string of the molecule is O=[N+]([O-])c1ccc(C#Cc2ccc(CN3CCC3)cc2)s1. The van der Waals surface area contributed by atoms with Crippen molar-refractivity contribution >= 4 is 16.3 Å². The third-order valence-corrected chi connectivity index (χ3v) is 4.36. The van der Waals surface area contributed by atoms with E-state index in [-0.39, 0.29) is 9.92 Å². The Morgan fingerprint density at radius 1 is 1.14 bits per heavy atom. The van der Waals surface area contributed by atoms with Gasteiger partial charge in [0.1, 0.15) is 0 Å². The van der Waals surface area contributed by atoms with Gasteiger partial charge in [0.25, 0.3) is 0 Å². The Morgan fingerprint density at radius 2 is 1.90 bits per heavy atom. The van der Waals surface area contributed by atoms with E-state index in [2.05, 4.69) is 28.9 Å². The van der Waals surface area contributed by atoms with E-state index in [1.54, 1.807) is 6.07 Å². The average molecular weight is 298 g/mol. The lowest BCUT2D eigenvalue weighted by molar-refractivity contribution is -0.380. The predicted molar refractivity (Wildman–Crippen MR) is 83.3 cm³/mol. The first-order valence-electron chi connectivity index (χ1n) is 6.78. The van der Waals surface area contributed by atoms with Crippen molar-refractivity contribution in [3.8, 4) is 11.8 Å². The van der Waals surface area contributed by atoms with Crippen molar-refractivity contribution in [2.45, 2.75) is 13.0 Å². The summed E-state index contributed by atoms with van der Waals surface area (Å²) >= 11 is 1.10. The summed E-state index contributed by atoms with van der Waals surface area (Å²) in [5, 5.41) is 10.7. The number of likely N-dealkylation sites (tertiary alicyclic amines) is 1. The van der Waals surface area contributed by atoms with Crippen LogP contribution in [0.3, 0.4) is 0 Å².